The molecule has 1 aromatic rings. The lowest BCUT2D eigenvalue weighted by Gasteiger charge is -2.12. The third-order valence-electron chi connectivity index (χ3n) is 2.84. The normalized spacial score (nSPS) is 16.4. The first-order valence-electron chi connectivity index (χ1n) is 6.31. The Morgan fingerprint density at radius 1 is 1.27 bits per heavy atom. The number of hydrazone groups is 1. The number of nitrogens with zero attached hydrogens (tertiary/aromatic N) is 4. The standard InChI is InChI=1S/C12H17N7O2S/c1-14-22(20,21)9-6-4-5-8(7-9)15-16-10-11(13)17-18-12(10)19(2)3/h4-7,14-15H,1-3H3,(H2,13,16,17). The molecule has 0 aromatic heterocycles. The Kier molecular flexibility index (Phi) is 4.43. The minimum atomic E-state index is -3.51. The fourth-order valence-corrected chi connectivity index (χ4v) is 2.47. The van der Waals surface area contributed by atoms with Gasteiger partial charge < -0.3 is 10.6 Å². The number of hydrogen-bond acceptors (Lipinski definition) is 8. The van der Waals surface area contributed by atoms with Gasteiger partial charge in [0, 0.05) is 14.1 Å². The Bertz CT molecular complexity index is 765. The minimum Gasteiger partial charge on any atom is -0.380 e. The molecule has 9 nitrogen and oxygen atoms in total. The molecule has 0 radical (unpaired) electrons. The quantitative estimate of drug-likeness (QED) is 0.651. The predicted molar refractivity (Wildman–Crippen MR) is 86.5 cm³/mol. The van der Waals surface area contributed by atoms with Gasteiger partial charge in [-0.05, 0) is 25.2 Å². The second kappa shape index (κ2) is 6.12. The summed E-state index contributed by atoms with van der Waals surface area (Å²) in [6.45, 7) is 0. The van der Waals surface area contributed by atoms with E-state index in [4.69, 9.17) is 5.73 Å². The second-order valence-corrected chi connectivity index (χ2v) is 6.50. The van der Waals surface area contributed by atoms with Crippen LogP contribution in [0.4, 0.5) is 5.69 Å². The van der Waals surface area contributed by atoms with Crippen LogP contribution >= 0.6 is 0 Å². The van der Waals surface area contributed by atoms with Crippen LogP contribution in [0.15, 0.2) is 44.5 Å². The lowest BCUT2D eigenvalue weighted by atomic mass is 10.3. The highest BCUT2D eigenvalue weighted by Crippen LogP contribution is 2.15. The fourth-order valence-electron chi connectivity index (χ4n) is 1.69. The Labute approximate surface area is 128 Å². The molecular weight excluding hydrogens is 306 g/mol. The summed E-state index contributed by atoms with van der Waals surface area (Å²) in [6.07, 6.45) is 0. The molecule has 1 aromatic carbocycles. The molecule has 0 amide bonds. The topological polar surface area (TPSA) is 125 Å². The van der Waals surface area contributed by atoms with Gasteiger partial charge >= 0.3 is 0 Å². The number of hydrogen-bond donors (Lipinski definition) is 3. The van der Waals surface area contributed by atoms with Crippen molar-refractivity contribution in [2.45, 2.75) is 4.90 Å². The van der Waals surface area contributed by atoms with E-state index in [2.05, 4.69) is 25.5 Å². The van der Waals surface area contributed by atoms with Crippen molar-refractivity contribution in [2.75, 3.05) is 26.6 Å². The minimum absolute atomic E-state index is 0.134. The molecule has 0 saturated heterocycles. The van der Waals surface area contributed by atoms with E-state index in [-0.39, 0.29) is 10.7 Å². The molecule has 0 bridgehead atoms. The van der Waals surface area contributed by atoms with Crippen LogP contribution in [0.2, 0.25) is 0 Å². The molecule has 10 heteroatoms. The van der Waals surface area contributed by atoms with Crippen molar-refractivity contribution in [1.82, 2.24) is 9.62 Å². The number of benzene rings is 1. The molecular formula is C12H17N7O2S. The number of nitrogens with one attached hydrogen (secondary N) is 2. The van der Waals surface area contributed by atoms with Gasteiger partial charge in [-0.3, -0.25) is 5.43 Å². The van der Waals surface area contributed by atoms with Crippen LogP contribution in [-0.2, 0) is 10.0 Å². The third-order valence-corrected chi connectivity index (χ3v) is 4.25. The Balaban J connectivity index is 2.25. The second-order valence-electron chi connectivity index (χ2n) is 4.61. The van der Waals surface area contributed by atoms with Gasteiger partial charge in [0.05, 0.1) is 10.6 Å². The third kappa shape index (κ3) is 3.23. The zero-order valence-corrected chi connectivity index (χ0v) is 13.2. The van der Waals surface area contributed by atoms with E-state index in [0.717, 1.165) is 0 Å². The van der Waals surface area contributed by atoms with Gasteiger partial charge in [-0.15, -0.1) is 10.2 Å². The summed E-state index contributed by atoms with van der Waals surface area (Å²) in [6, 6.07) is 6.25. The van der Waals surface area contributed by atoms with Gasteiger partial charge in [-0.1, -0.05) is 6.07 Å². The molecule has 0 spiro atoms. The number of anilines is 1. The highest BCUT2D eigenvalue weighted by Gasteiger charge is 2.21. The molecule has 0 fully saturated rings. The van der Waals surface area contributed by atoms with E-state index in [1.807, 2.05) is 0 Å². The molecule has 1 heterocycles. The molecule has 2 rings (SSSR count). The monoisotopic (exact) mass is 323 g/mol. The summed E-state index contributed by atoms with van der Waals surface area (Å²) < 4.78 is 25.8. The van der Waals surface area contributed by atoms with Crippen LogP contribution < -0.4 is 15.9 Å². The van der Waals surface area contributed by atoms with Crippen LogP contribution in [0.25, 0.3) is 0 Å². The summed E-state index contributed by atoms with van der Waals surface area (Å²) in [5, 5.41) is 11.8. The lowest BCUT2D eigenvalue weighted by Crippen LogP contribution is -2.36. The Morgan fingerprint density at radius 2 is 2.00 bits per heavy atom. The summed E-state index contributed by atoms with van der Waals surface area (Å²) in [4.78, 5) is 1.86. The maximum Gasteiger partial charge on any atom is 0.240 e. The van der Waals surface area contributed by atoms with Crippen LogP contribution in [0.5, 0.6) is 0 Å². The first kappa shape index (κ1) is 15.9. The highest BCUT2D eigenvalue weighted by molar-refractivity contribution is 7.89. The summed E-state index contributed by atoms with van der Waals surface area (Å²) in [5.74, 6) is 0.708. The molecule has 22 heavy (non-hydrogen) atoms. The Hall–Kier alpha value is -2.46. The number of amidine groups is 2. The van der Waals surface area contributed by atoms with Gasteiger partial charge in [0.2, 0.25) is 10.0 Å². The summed E-state index contributed by atoms with van der Waals surface area (Å²) >= 11 is 0. The number of sulfonamides is 1. The van der Waals surface area contributed by atoms with Crippen molar-refractivity contribution in [1.29, 1.82) is 0 Å². The molecule has 0 atom stereocenters. The van der Waals surface area contributed by atoms with E-state index in [9.17, 15) is 8.42 Å². The van der Waals surface area contributed by atoms with Crippen LogP contribution in [0.3, 0.4) is 0 Å². The number of nitrogens with two attached hydrogens (primary N) is 1. The van der Waals surface area contributed by atoms with Gasteiger partial charge in [-0.25, -0.2) is 13.1 Å². The largest absolute Gasteiger partial charge is 0.380 e. The molecule has 0 unspecified atom stereocenters. The molecule has 0 aliphatic carbocycles. The van der Waals surface area contributed by atoms with Crippen molar-refractivity contribution in [3.8, 4) is 0 Å². The predicted octanol–water partition coefficient (Wildman–Crippen LogP) is -0.391. The highest BCUT2D eigenvalue weighted by atomic mass is 32.2. The van der Waals surface area contributed by atoms with E-state index >= 15 is 0 Å². The van der Waals surface area contributed by atoms with E-state index in [1.54, 1.807) is 31.1 Å². The zero-order valence-electron chi connectivity index (χ0n) is 12.4. The zero-order chi connectivity index (χ0) is 16.3. The molecule has 4 N–H and O–H groups in total. The first-order chi connectivity index (χ1) is 10.3. The van der Waals surface area contributed by atoms with E-state index in [1.165, 1.54) is 19.2 Å². The van der Waals surface area contributed by atoms with Crippen molar-refractivity contribution in [3.63, 3.8) is 0 Å². The average Bonchev–Trinajstić information content (AvgIpc) is 2.86. The lowest BCUT2D eigenvalue weighted by molar-refractivity contribution is 0.588. The van der Waals surface area contributed by atoms with Crippen molar-refractivity contribution in [2.24, 2.45) is 21.0 Å². The fraction of sp³-hybridized carbons (Fsp3) is 0.250. The molecule has 1 aliphatic rings. The van der Waals surface area contributed by atoms with Gasteiger partial charge in [-0.2, -0.15) is 5.10 Å². The SMILES string of the molecule is CNS(=O)(=O)c1cccc(N/N=C2/C(N)=NN=C2N(C)C)c1. The first-order valence-corrected chi connectivity index (χ1v) is 7.80. The summed E-state index contributed by atoms with van der Waals surface area (Å²) in [5.41, 5.74) is 9.39. The maximum absolute atomic E-state index is 11.8. The van der Waals surface area contributed by atoms with Crippen molar-refractivity contribution < 1.29 is 8.42 Å². The average molecular weight is 323 g/mol. The smallest absolute Gasteiger partial charge is 0.240 e. The van der Waals surface area contributed by atoms with Crippen LogP contribution in [0, 0.1) is 0 Å². The number of rotatable bonds is 4. The van der Waals surface area contributed by atoms with Crippen LogP contribution in [0.1, 0.15) is 0 Å². The van der Waals surface area contributed by atoms with Gasteiger partial charge in [0.15, 0.2) is 17.4 Å². The van der Waals surface area contributed by atoms with E-state index in [0.29, 0.717) is 17.2 Å². The van der Waals surface area contributed by atoms with Crippen molar-refractivity contribution in [3.05, 3.63) is 24.3 Å². The maximum atomic E-state index is 11.8. The van der Waals surface area contributed by atoms with Crippen LogP contribution in [-0.4, -0.2) is 51.8 Å². The van der Waals surface area contributed by atoms with Gasteiger partial charge in [0.25, 0.3) is 0 Å². The molecule has 0 saturated carbocycles. The molecule has 118 valence electrons. The van der Waals surface area contributed by atoms with Crippen molar-refractivity contribution >= 4 is 33.1 Å². The van der Waals surface area contributed by atoms with Gasteiger partial charge in [0.1, 0.15) is 0 Å². The van der Waals surface area contributed by atoms with E-state index < -0.39 is 10.0 Å². The Morgan fingerprint density at radius 3 is 2.64 bits per heavy atom. The summed E-state index contributed by atoms with van der Waals surface area (Å²) in [7, 11) is 1.43. The molecule has 1 aliphatic heterocycles.